The highest BCUT2D eigenvalue weighted by atomic mass is 79.9. The molecule has 110 valence electrons. The third-order valence-corrected chi connectivity index (χ3v) is 4.77. The molecule has 0 saturated heterocycles. The van der Waals surface area contributed by atoms with Crippen molar-refractivity contribution in [3.8, 4) is 0 Å². The third kappa shape index (κ3) is 3.01. The van der Waals surface area contributed by atoms with Gasteiger partial charge in [-0.3, -0.25) is 0 Å². The van der Waals surface area contributed by atoms with Crippen molar-refractivity contribution >= 4 is 38.6 Å². The summed E-state index contributed by atoms with van der Waals surface area (Å²) >= 11 is 9.19. The molecule has 2 aromatic rings. The summed E-state index contributed by atoms with van der Waals surface area (Å²) < 4.78 is 16.3. The molecule has 0 amide bonds. The maximum absolute atomic E-state index is 13.8. The zero-order chi connectivity index (χ0) is 15.1. The van der Waals surface area contributed by atoms with Crippen molar-refractivity contribution in [2.45, 2.75) is 40.1 Å². The van der Waals surface area contributed by atoms with Crippen molar-refractivity contribution < 1.29 is 4.39 Å². The molecule has 0 spiro atoms. The van der Waals surface area contributed by atoms with Crippen LogP contribution in [0.15, 0.2) is 16.6 Å². The monoisotopic (exact) mass is 360 g/mol. The third-order valence-electron chi connectivity index (χ3n) is 3.92. The Balaban J connectivity index is 2.53. The normalized spacial score (nSPS) is 13.9. The van der Waals surface area contributed by atoms with E-state index in [2.05, 4.69) is 48.6 Å². The number of hydrogen-bond donors (Lipinski definition) is 0. The van der Waals surface area contributed by atoms with Crippen LogP contribution in [0.4, 0.5) is 4.39 Å². The Kier molecular flexibility index (Phi) is 4.45. The van der Waals surface area contributed by atoms with Gasteiger partial charge in [-0.25, -0.2) is 9.37 Å². The molecule has 1 unspecified atom stereocenters. The van der Waals surface area contributed by atoms with Crippen LogP contribution >= 0.6 is 27.5 Å². The highest BCUT2D eigenvalue weighted by molar-refractivity contribution is 9.10. The number of hydrogen-bond acceptors (Lipinski definition) is 1. The van der Waals surface area contributed by atoms with Crippen LogP contribution in [0, 0.1) is 17.2 Å². The van der Waals surface area contributed by atoms with E-state index in [1.54, 1.807) is 6.07 Å². The minimum Gasteiger partial charge on any atom is -0.327 e. The summed E-state index contributed by atoms with van der Waals surface area (Å²) in [6.45, 7) is 9.58. The Labute approximate surface area is 132 Å². The minimum atomic E-state index is -0.275. The van der Waals surface area contributed by atoms with Crippen molar-refractivity contribution in [2.24, 2.45) is 11.3 Å². The van der Waals surface area contributed by atoms with Crippen LogP contribution in [0.1, 0.15) is 33.5 Å². The predicted octanol–water partition coefficient (Wildman–Crippen LogP) is 5.36. The highest BCUT2D eigenvalue weighted by Crippen LogP contribution is 2.30. The number of alkyl halides is 1. The highest BCUT2D eigenvalue weighted by Gasteiger charge is 2.23. The molecule has 0 aliphatic carbocycles. The zero-order valence-corrected chi connectivity index (χ0v) is 14.5. The summed E-state index contributed by atoms with van der Waals surface area (Å²) in [6, 6.07) is 3.23. The molecular formula is C15H19BrClFN2. The quantitative estimate of drug-likeness (QED) is 0.673. The topological polar surface area (TPSA) is 17.8 Å². The molecular weight excluding hydrogens is 343 g/mol. The van der Waals surface area contributed by atoms with E-state index >= 15 is 0 Å². The van der Waals surface area contributed by atoms with E-state index in [-0.39, 0.29) is 11.2 Å². The lowest BCUT2D eigenvalue weighted by Gasteiger charge is -2.28. The lowest BCUT2D eigenvalue weighted by molar-refractivity contribution is 0.233. The first-order valence-electron chi connectivity index (χ1n) is 6.64. The molecule has 1 aromatic heterocycles. The van der Waals surface area contributed by atoms with Crippen LogP contribution in [0.3, 0.4) is 0 Å². The Morgan fingerprint density at radius 2 is 2.05 bits per heavy atom. The second-order valence-corrected chi connectivity index (χ2v) is 7.42. The molecule has 2 rings (SSSR count). The average Bonchev–Trinajstić information content (AvgIpc) is 2.66. The van der Waals surface area contributed by atoms with E-state index in [0.29, 0.717) is 16.3 Å². The van der Waals surface area contributed by atoms with Gasteiger partial charge < -0.3 is 4.57 Å². The number of imidazole rings is 1. The van der Waals surface area contributed by atoms with Crippen LogP contribution < -0.4 is 0 Å². The van der Waals surface area contributed by atoms with Gasteiger partial charge in [-0.1, -0.05) is 27.7 Å². The molecule has 0 N–H and O–H groups in total. The summed E-state index contributed by atoms with van der Waals surface area (Å²) in [7, 11) is 0. The molecule has 0 saturated carbocycles. The Bertz CT molecular complexity index is 631. The van der Waals surface area contributed by atoms with E-state index in [1.807, 2.05) is 4.57 Å². The number of aromatic nitrogens is 2. The maximum Gasteiger partial charge on any atom is 0.139 e. The van der Waals surface area contributed by atoms with Gasteiger partial charge >= 0.3 is 0 Å². The van der Waals surface area contributed by atoms with Crippen molar-refractivity contribution in [1.29, 1.82) is 0 Å². The predicted molar refractivity (Wildman–Crippen MR) is 85.6 cm³/mol. The number of fused-ring (bicyclic) bond motifs is 1. The van der Waals surface area contributed by atoms with Crippen LogP contribution in [-0.4, -0.2) is 9.55 Å². The first kappa shape index (κ1) is 15.8. The van der Waals surface area contributed by atoms with Gasteiger partial charge in [-0.2, -0.15) is 0 Å². The van der Waals surface area contributed by atoms with E-state index in [9.17, 15) is 4.39 Å². The summed E-state index contributed by atoms with van der Waals surface area (Å²) in [5.74, 6) is 1.26. The molecule has 0 aliphatic rings. The average molecular weight is 362 g/mol. The molecule has 0 radical (unpaired) electrons. The fraction of sp³-hybridized carbons (Fsp3) is 0.533. The van der Waals surface area contributed by atoms with Gasteiger partial charge in [0.2, 0.25) is 0 Å². The molecule has 2 nitrogen and oxygen atoms in total. The van der Waals surface area contributed by atoms with E-state index in [4.69, 9.17) is 11.6 Å². The van der Waals surface area contributed by atoms with Crippen molar-refractivity contribution in [3.63, 3.8) is 0 Å². The van der Waals surface area contributed by atoms with E-state index in [1.165, 1.54) is 6.07 Å². The largest absolute Gasteiger partial charge is 0.327 e. The van der Waals surface area contributed by atoms with Gasteiger partial charge in [0.25, 0.3) is 0 Å². The van der Waals surface area contributed by atoms with Crippen LogP contribution in [0.2, 0.25) is 0 Å². The van der Waals surface area contributed by atoms with Crippen molar-refractivity contribution in [3.05, 3.63) is 28.2 Å². The van der Waals surface area contributed by atoms with Gasteiger partial charge in [-0.15, -0.1) is 11.6 Å². The summed E-state index contributed by atoms with van der Waals surface area (Å²) in [4.78, 5) is 4.50. The summed E-state index contributed by atoms with van der Waals surface area (Å²) in [6.07, 6.45) is 0. The summed E-state index contributed by atoms with van der Waals surface area (Å²) in [5, 5.41) is 0. The van der Waals surface area contributed by atoms with Gasteiger partial charge in [0.15, 0.2) is 0 Å². The summed E-state index contributed by atoms with van der Waals surface area (Å²) in [5.41, 5.74) is 1.75. The van der Waals surface area contributed by atoms with Gasteiger partial charge in [-0.05, 0) is 33.3 Å². The van der Waals surface area contributed by atoms with Crippen LogP contribution in [-0.2, 0) is 12.4 Å². The molecule has 1 heterocycles. The Morgan fingerprint density at radius 1 is 1.40 bits per heavy atom. The first-order chi connectivity index (χ1) is 9.24. The zero-order valence-electron chi connectivity index (χ0n) is 12.2. The van der Waals surface area contributed by atoms with Crippen molar-refractivity contribution in [1.82, 2.24) is 9.55 Å². The second-order valence-electron chi connectivity index (χ2n) is 6.29. The molecule has 1 aromatic carbocycles. The van der Waals surface area contributed by atoms with E-state index in [0.717, 1.165) is 23.4 Å². The minimum absolute atomic E-state index is 0.175. The SMILES string of the molecule is CC(Cn1c(CCl)nc2cc(Br)c(F)cc21)C(C)(C)C. The van der Waals surface area contributed by atoms with E-state index < -0.39 is 0 Å². The number of nitrogens with zero attached hydrogens (tertiary/aromatic N) is 2. The van der Waals surface area contributed by atoms with Crippen LogP contribution in [0.25, 0.3) is 11.0 Å². The fourth-order valence-electron chi connectivity index (χ4n) is 2.02. The maximum atomic E-state index is 13.8. The molecule has 5 heteroatoms. The van der Waals surface area contributed by atoms with Crippen LogP contribution in [0.5, 0.6) is 0 Å². The number of halogens is 3. The lowest BCUT2D eigenvalue weighted by Crippen LogP contribution is -2.23. The van der Waals surface area contributed by atoms with Gasteiger partial charge in [0, 0.05) is 12.6 Å². The lowest BCUT2D eigenvalue weighted by atomic mass is 9.82. The molecule has 0 bridgehead atoms. The fourth-order valence-corrected chi connectivity index (χ4v) is 2.56. The second kappa shape index (κ2) is 5.64. The molecule has 0 fully saturated rings. The first-order valence-corrected chi connectivity index (χ1v) is 7.97. The Morgan fingerprint density at radius 3 is 2.60 bits per heavy atom. The molecule has 20 heavy (non-hydrogen) atoms. The standard InChI is InChI=1S/C15H19BrClFN2/c1-9(15(2,3)4)8-20-13-6-11(18)10(16)5-12(13)19-14(20)7-17/h5-6,9H,7-8H2,1-4H3. The molecule has 1 atom stereocenters. The van der Waals surface area contributed by atoms with Gasteiger partial charge in [0.1, 0.15) is 11.6 Å². The smallest absolute Gasteiger partial charge is 0.139 e. The Hall–Kier alpha value is -0.610. The van der Waals surface area contributed by atoms with Gasteiger partial charge in [0.05, 0.1) is 21.4 Å². The molecule has 0 aliphatic heterocycles. The number of rotatable bonds is 3. The van der Waals surface area contributed by atoms with Crippen molar-refractivity contribution in [2.75, 3.05) is 0 Å². The number of benzene rings is 1.